The van der Waals surface area contributed by atoms with Gasteiger partial charge in [-0.1, -0.05) is 55.3 Å². The van der Waals surface area contributed by atoms with Crippen molar-refractivity contribution >= 4 is 44.8 Å². The maximum atomic E-state index is 14.8. The molecule has 1 N–H and O–H groups in total. The average molecular weight is 501 g/mol. The number of benzene rings is 2. The summed E-state index contributed by atoms with van der Waals surface area (Å²) in [6.45, 7) is 1.45. The van der Waals surface area contributed by atoms with Crippen LogP contribution in [-0.4, -0.2) is 26.4 Å². The molecule has 0 saturated heterocycles. The quantitative estimate of drug-likeness (QED) is 0.533. The van der Waals surface area contributed by atoms with Crippen LogP contribution >= 0.6 is 23.2 Å². The van der Waals surface area contributed by atoms with Crippen molar-refractivity contribution in [1.82, 2.24) is 5.32 Å². The standard InChI is InChI=1S/C23H27Cl2FN2O3S/c1-16(23(29)27-19-7-5-3-2-4-6-8-19)28(22-15-18(25)11-14-21(22)26)32(30,31)20-12-9-17(24)10-13-20/h9-16,19H,2-8H2,1H3,(H,27,29). The molecule has 0 aromatic heterocycles. The van der Waals surface area contributed by atoms with Crippen LogP contribution in [0.4, 0.5) is 10.1 Å². The van der Waals surface area contributed by atoms with Gasteiger partial charge < -0.3 is 5.32 Å². The lowest BCUT2D eigenvalue weighted by Crippen LogP contribution is -2.51. The number of halogens is 3. The third-order valence-electron chi connectivity index (χ3n) is 5.70. The number of nitrogens with zero attached hydrogens (tertiary/aromatic N) is 1. The Morgan fingerprint density at radius 2 is 1.56 bits per heavy atom. The van der Waals surface area contributed by atoms with E-state index in [1.165, 1.54) is 49.7 Å². The number of sulfonamides is 1. The second kappa shape index (κ2) is 10.9. The second-order valence-electron chi connectivity index (χ2n) is 8.08. The van der Waals surface area contributed by atoms with Crippen LogP contribution in [0.5, 0.6) is 0 Å². The smallest absolute Gasteiger partial charge is 0.265 e. The van der Waals surface area contributed by atoms with Gasteiger partial charge >= 0.3 is 0 Å². The van der Waals surface area contributed by atoms with E-state index < -0.39 is 27.8 Å². The van der Waals surface area contributed by atoms with Crippen molar-refractivity contribution in [2.45, 2.75) is 68.8 Å². The molecule has 2 aromatic rings. The summed E-state index contributed by atoms with van der Waals surface area (Å²) >= 11 is 11.9. The number of carbonyl (C=O) groups is 1. The monoisotopic (exact) mass is 500 g/mol. The third kappa shape index (κ3) is 5.94. The minimum absolute atomic E-state index is 0.0328. The van der Waals surface area contributed by atoms with Crippen molar-refractivity contribution in [3.8, 4) is 0 Å². The lowest BCUT2D eigenvalue weighted by atomic mass is 9.96. The molecular weight excluding hydrogens is 474 g/mol. The van der Waals surface area contributed by atoms with E-state index in [4.69, 9.17) is 23.2 Å². The van der Waals surface area contributed by atoms with Gasteiger partial charge in [0, 0.05) is 16.1 Å². The molecule has 9 heteroatoms. The Kier molecular flexibility index (Phi) is 8.42. The van der Waals surface area contributed by atoms with Gasteiger partial charge in [-0.25, -0.2) is 12.8 Å². The fourth-order valence-corrected chi connectivity index (χ4v) is 5.86. The van der Waals surface area contributed by atoms with Gasteiger partial charge in [0.25, 0.3) is 10.0 Å². The fourth-order valence-electron chi connectivity index (χ4n) is 3.95. The van der Waals surface area contributed by atoms with Gasteiger partial charge in [0.2, 0.25) is 5.91 Å². The Bertz CT molecular complexity index is 1040. The first-order chi connectivity index (χ1) is 15.2. The normalized spacial score (nSPS) is 16.6. The molecule has 1 atom stereocenters. The molecule has 0 heterocycles. The maximum Gasteiger partial charge on any atom is 0.265 e. The van der Waals surface area contributed by atoms with Crippen molar-refractivity contribution < 1.29 is 17.6 Å². The zero-order chi connectivity index (χ0) is 23.3. The zero-order valence-corrected chi connectivity index (χ0v) is 20.2. The van der Waals surface area contributed by atoms with Crippen LogP contribution in [0.2, 0.25) is 10.0 Å². The Morgan fingerprint density at radius 3 is 2.19 bits per heavy atom. The van der Waals surface area contributed by atoms with Crippen LogP contribution in [0.15, 0.2) is 47.4 Å². The van der Waals surface area contributed by atoms with Gasteiger partial charge in [0.05, 0.1) is 10.6 Å². The van der Waals surface area contributed by atoms with Gasteiger partial charge in [-0.15, -0.1) is 0 Å². The summed E-state index contributed by atoms with van der Waals surface area (Å²) in [5.41, 5.74) is -0.284. The van der Waals surface area contributed by atoms with Crippen molar-refractivity contribution in [3.63, 3.8) is 0 Å². The number of rotatable bonds is 6. The lowest BCUT2D eigenvalue weighted by Gasteiger charge is -2.31. The molecule has 2 aromatic carbocycles. The summed E-state index contributed by atoms with van der Waals surface area (Å²) in [4.78, 5) is 13.1. The number of carbonyl (C=O) groups excluding carboxylic acids is 1. The number of nitrogens with one attached hydrogen (secondary N) is 1. The Labute approximate surface area is 199 Å². The molecule has 0 aliphatic heterocycles. The first-order valence-corrected chi connectivity index (χ1v) is 12.9. The molecule has 174 valence electrons. The summed E-state index contributed by atoms with van der Waals surface area (Å²) in [5, 5.41) is 3.50. The van der Waals surface area contributed by atoms with E-state index >= 15 is 0 Å². The summed E-state index contributed by atoms with van der Waals surface area (Å²) in [6, 6.07) is 7.90. The molecule has 0 radical (unpaired) electrons. The number of anilines is 1. The van der Waals surface area contributed by atoms with Crippen molar-refractivity contribution in [2.75, 3.05) is 4.31 Å². The lowest BCUT2D eigenvalue weighted by molar-refractivity contribution is -0.122. The van der Waals surface area contributed by atoms with Crippen molar-refractivity contribution in [2.24, 2.45) is 0 Å². The van der Waals surface area contributed by atoms with E-state index in [1.54, 1.807) is 0 Å². The molecule has 1 aliphatic carbocycles. The molecule has 0 bridgehead atoms. The van der Waals surface area contributed by atoms with E-state index in [9.17, 15) is 17.6 Å². The zero-order valence-electron chi connectivity index (χ0n) is 17.9. The molecule has 1 fully saturated rings. The molecule has 1 unspecified atom stereocenters. The van der Waals surface area contributed by atoms with Crippen molar-refractivity contribution in [1.29, 1.82) is 0 Å². The second-order valence-corrected chi connectivity index (χ2v) is 10.8. The van der Waals surface area contributed by atoms with Crippen molar-refractivity contribution in [3.05, 3.63) is 58.3 Å². The summed E-state index contributed by atoms with van der Waals surface area (Å²) in [7, 11) is -4.29. The summed E-state index contributed by atoms with van der Waals surface area (Å²) in [5.74, 6) is -1.27. The first kappa shape index (κ1) is 24.8. The SMILES string of the molecule is CC(C(=O)NC1CCCCCCC1)N(c1cc(Cl)ccc1F)S(=O)(=O)c1ccc(Cl)cc1. The van der Waals surface area contributed by atoms with E-state index in [-0.39, 0.29) is 21.6 Å². The van der Waals surface area contributed by atoms with E-state index in [2.05, 4.69) is 5.32 Å². The highest BCUT2D eigenvalue weighted by molar-refractivity contribution is 7.93. The predicted octanol–water partition coefficient (Wildman–Crippen LogP) is 5.95. The van der Waals surface area contributed by atoms with E-state index in [0.717, 1.165) is 48.9 Å². The van der Waals surface area contributed by atoms with Gasteiger partial charge in [0.1, 0.15) is 11.9 Å². The molecule has 1 aliphatic rings. The maximum absolute atomic E-state index is 14.8. The van der Waals surface area contributed by atoms with Gasteiger partial charge in [-0.3, -0.25) is 9.10 Å². The molecule has 3 rings (SSSR count). The average Bonchev–Trinajstić information content (AvgIpc) is 2.72. The highest BCUT2D eigenvalue weighted by Crippen LogP contribution is 2.31. The minimum atomic E-state index is -4.29. The highest BCUT2D eigenvalue weighted by Gasteiger charge is 2.36. The number of hydrogen-bond donors (Lipinski definition) is 1. The van der Waals surface area contributed by atoms with E-state index in [1.807, 2.05) is 0 Å². The number of amides is 1. The van der Waals surface area contributed by atoms with E-state index in [0.29, 0.717) is 5.02 Å². The van der Waals surface area contributed by atoms with Gasteiger partial charge in [-0.05, 0) is 62.2 Å². The summed E-state index contributed by atoms with van der Waals surface area (Å²) < 4.78 is 42.7. The van der Waals surface area contributed by atoms with Crippen LogP contribution < -0.4 is 9.62 Å². The largest absolute Gasteiger partial charge is 0.352 e. The molecule has 5 nitrogen and oxygen atoms in total. The van der Waals surface area contributed by atoms with Gasteiger partial charge in [-0.2, -0.15) is 0 Å². The minimum Gasteiger partial charge on any atom is -0.352 e. The van der Waals surface area contributed by atoms with Crippen LogP contribution in [0.3, 0.4) is 0 Å². The van der Waals surface area contributed by atoms with Crippen LogP contribution in [0.1, 0.15) is 51.9 Å². The van der Waals surface area contributed by atoms with Crippen LogP contribution in [-0.2, 0) is 14.8 Å². The third-order valence-corrected chi connectivity index (χ3v) is 8.08. The summed E-state index contributed by atoms with van der Waals surface area (Å²) in [6.07, 6.45) is 7.13. The Hall–Kier alpha value is -1.83. The predicted molar refractivity (Wildman–Crippen MR) is 126 cm³/mol. The Balaban J connectivity index is 1.97. The first-order valence-electron chi connectivity index (χ1n) is 10.8. The highest BCUT2D eigenvalue weighted by atomic mass is 35.5. The fraction of sp³-hybridized carbons (Fsp3) is 0.435. The Morgan fingerprint density at radius 1 is 1.00 bits per heavy atom. The topological polar surface area (TPSA) is 66.5 Å². The van der Waals surface area contributed by atoms with Crippen LogP contribution in [0.25, 0.3) is 0 Å². The molecule has 1 amide bonds. The molecule has 32 heavy (non-hydrogen) atoms. The van der Waals surface area contributed by atoms with Crippen LogP contribution in [0, 0.1) is 5.82 Å². The molecular formula is C23H27Cl2FN2O3S. The molecule has 0 spiro atoms. The molecule has 1 saturated carbocycles. The van der Waals surface area contributed by atoms with Gasteiger partial charge in [0.15, 0.2) is 0 Å². The number of hydrogen-bond acceptors (Lipinski definition) is 3.